The Hall–Kier alpha value is -0.0100. The molecule has 1 fully saturated rings. The van der Waals surface area contributed by atoms with Crippen LogP contribution in [0.1, 0.15) is 17.7 Å². The van der Waals surface area contributed by atoms with E-state index < -0.39 is 0 Å². The lowest BCUT2D eigenvalue weighted by molar-refractivity contribution is 0.584. The Morgan fingerprint density at radius 2 is 2.36 bits per heavy atom. The van der Waals surface area contributed by atoms with Crippen LogP contribution in [-0.4, -0.2) is 5.88 Å². The second-order valence-electron chi connectivity index (χ2n) is 3.39. The lowest BCUT2D eigenvalue weighted by atomic mass is 10.0. The van der Waals surface area contributed by atoms with Crippen molar-refractivity contribution in [3.63, 3.8) is 0 Å². The topological polar surface area (TPSA) is 0 Å². The van der Waals surface area contributed by atoms with Gasteiger partial charge >= 0.3 is 0 Å². The highest BCUT2D eigenvalue weighted by atomic mass is 35.5. The summed E-state index contributed by atoms with van der Waals surface area (Å²) in [6, 6.07) is 4.32. The molecule has 0 spiro atoms. The van der Waals surface area contributed by atoms with Crippen molar-refractivity contribution in [2.45, 2.75) is 19.3 Å². The van der Waals surface area contributed by atoms with Crippen molar-refractivity contribution in [1.82, 2.24) is 0 Å². The van der Waals surface area contributed by atoms with Gasteiger partial charge in [0.05, 0.1) is 0 Å². The van der Waals surface area contributed by atoms with E-state index in [2.05, 4.69) is 17.5 Å². The third kappa shape index (κ3) is 1.60. The van der Waals surface area contributed by atoms with Crippen molar-refractivity contribution in [2.24, 2.45) is 5.41 Å². The number of thiophene rings is 1. The fraction of sp³-hybridized carbons (Fsp3) is 0.556. The average Bonchev–Trinajstić information content (AvgIpc) is 2.59. The molecule has 0 nitrogen and oxygen atoms in total. The van der Waals surface area contributed by atoms with Gasteiger partial charge in [-0.2, -0.15) is 0 Å². The lowest BCUT2D eigenvalue weighted by Crippen LogP contribution is -2.04. The van der Waals surface area contributed by atoms with Gasteiger partial charge in [0.1, 0.15) is 0 Å². The molecule has 1 aromatic rings. The van der Waals surface area contributed by atoms with E-state index in [1.54, 1.807) is 0 Å². The second-order valence-corrected chi connectivity index (χ2v) is 4.69. The number of hydrogen-bond donors (Lipinski definition) is 0. The Morgan fingerprint density at radius 3 is 2.82 bits per heavy atom. The summed E-state index contributed by atoms with van der Waals surface area (Å²) in [5.41, 5.74) is 0.492. The standard InChI is InChI=1S/C9H11ClS/c10-7-9(3-4-9)6-8-2-1-5-11-8/h1-2,5H,3-4,6-7H2. The molecule has 0 amide bonds. The monoisotopic (exact) mass is 186 g/mol. The highest BCUT2D eigenvalue weighted by Crippen LogP contribution is 2.49. The van der Waals surface area contributed by atoms with Crippen molar-refractivity contribution in [1.29, 1.82) is 0 Å². The first kappa shape index (κ1) is 7.63. The van der Waals surface area contributed by atoms with Crippen molar-refractivity contribution in [3.05, 3.63) is 22.4 Å². The molecule has 1 saturated carbocycles. The van der Waals surface area contributed by atoms with Crippen molar-refractivity contribution < 1.29 is 0 Å². The van der Waals surface area contributed by atoms with E-state index in [9.17, 15) is 0 Å². The predicted molar refractivity (Wildman–Crippen MR) is 50.4 cm³/mol. The Balaban J connectivity index is 2.01. The largest absolute Gasteiger partial charge is 0.149 e. The molecule has 2 heteroatoms. The normalized spacial score (nSPS) is 20.1. The maximum absolute atomic E-state index is 5.88. The summed E-state index contributed by atoms with van der Waals surface area (Å²) in [5, 5.41) is 2.14. The van der Waals surface area contributed by atoms with Gasteiger partial charge in [-0.3, -0.25) is 0 Å². The molecule has 0 bridgehead atoms. The molecule has 1 aliphatic rings. The van der Waals surface area contributed by atoms with Crippen LogP contribution in [0.4, 0.5) is 0 Å². The highest BCUT2D eigenvalue weighted by Gasteiger charge is 2.41. The summed E-state index contributed by atoms with van der Waals surface area (Å²) in [7, 11) is 0. The quantitative estimate of drug-likeness (QED) is 0.636. The third-order valence-electron chi connectivity index (χ3n) is 2.37. The molecular formula is C9H11ClS. The van der Waals surface area contributed by atoms with Gasteiger partial charge in [-0.25, -0.2) is 0 Å². The Bertz CT molecular complexity index is 224. The van der Waals surface area contributed by atoms with Gasteiger partial charge < -0.3 is 0 Å². The minimum absolute atomic E-state index is 0.492. The zero-order chi connectivity index (χ0) is 7.73. The first-order chi connectivity index (χ1) is 5.35. The molecule has 0 aliphatic heterocycles. The SMILES string of the molecule is ClCC1(Cc2cccs2)CC1. The van der Waals surface area contributed by atoms with Crippen LogP contribution in [0.25, 0.3) is 0 Å². The van der Waals surface area contributed by atoms with Crippen LogP contribution in [0.15, 0.2) is 17.5 Å². The Morgan fingerprint density at radius 1 is 1.55 bits per heavy atom. The minimum atomic E-state index is 0.492. The van der Waals surface area contributed by atoms with Crippen LogP contribution in [0.2, 0.25) is 0 Å². The second kappa shape index (κ2) is 2.80. The summed E-state index contributed by atoms with van der Waals surface area (Å²) >= 11 is 7.72. The van der Waals surface area contributed by atoms with E-state index in [0.717, 1.165) is 5.88 Å². The Kier molecular flexibility index (Phi) is 1.94. The van der Waals surface area contributed by atoms with E-state index in [4.69, 9.17) is 11.6 Å². The summed E-state index contributed by atoms with van der Waals surface area (Å²) in [6.45, 7) is 0. The van der Waals surface area contributed by atoms with Gasteiger partial charge in [0.2, 0.25) is 0 Å². The van der Waals surface area contributed by atoms with Crippen LogP contribution >= 0.6 is 22.9 Å². The van der Waals surface area contributed by atoms with E-state index in [0.29, 0.717) is 5.41 Å². The van der Waals surface area contributed by atoms with Gasteiger partial charge in [0, 0.05) is 10.8 Å². The van der Waals surface area contributed by atoms with Gasteiger partial charge in [-0.1, -0.05) is 6.07 Å². The van der Waals surface area contributed by atoms with Crippen LogP contribution in [0.5, 0.6) is 0 Å². The summed E-state index contributed by atoms with van der Waals surface area (Å²) in [5.74, 6) is 0.838. The van der Waals surface area contributed by atoms with Gasteiger partial charge in [0.25, 0.3) is 0 Å². The zero-order valence-electron chi connectivity index (χ0n) is 6.35. The van der Waals surface area contributed by atoms with Gasteiger partial charge in [0.15, 0.2) is 0 Å². The number of halogens is 1. The molecule has 0 saturated heterocycles. The Labute approximate surface area is 76.2 Å². The van der Waals surface area contributed by atoms with Crippen molar-refractivity contribution in [3.8, 4) is 0 Å². The highest BCUT2D eigenvalue weighted by molar-refractivity contribution is 7.09. The average molecular weight is 187 g/mol. The molecule has 1 aliphatic carbocycles. The predicted octanol–water partition coefficient (Wildman–Crippen LogP) is 3.31. The van der Waals surface area contributed by atoms with E-state index in [1.807, 2.05) is 11.3 Å². The first-order valence-electron chi connectivity index (χ1n) is 3.93. The maximum Gasteiger partial charge on any atom is 0.0283 e. The molecule has 11 heavy (non-hydrogen) atoms. The molecule has 0 atom stereocenters. The summed E-state index contributed by atoms with van der Waals surface area (Å²) < 4.78 is 0. The minimum Gasteiger partial charge on any atom is -0.149 e. The lowest BCUT2D eigenvalue weighted by Gasteiger charge is -2.07. The van der Waals surface area contributed by atoms with E-state index >= 15 is 0 Å². The molecule has 1 heterocycles. The van der Waals surface area contributed by atoms with Crippen LogP contribution in [0, 0.1) is 5.41 Å². The molecule has 0 aromatic carbocycles. The molecule has 0 N–H and O–H groups in total. The number of hydrogen-bond acceptors (Lipinski definition) is 1. The fourth-order valence-electron chi connectivity index (χ4n) is 1.32. The van der Waals surface area contributed by atoms with Crippen molar-refractivity contribution in [2.75, 3.05) is 5.88 Å². The zero-order valence-corrected chi connectivity index (χ0v) is 7.92. The molecule has 0 unspecified atom stereocenters. The molecule has 60 valence electrons. The molecule has 1 aromatic heterocycles. The third-order valence-corrected chi connectivity index (χ3v) is 3.81. The van der Waals surface area contributed by atoms with Crippen molar-refractivity contribution >= 4 is 22.9 Å². The van der Waals surface area contributed by atoms with E-state index in [1.165, 1.54) is 24.1 Å². The molecule has 0 radical (unpaired) electrons. The maximum atomic E-state index is 5.88. The number of alkyl halides is 1. The first-order valence-corrected chi connectivity index (χ1v) is 5.34. The van der Waals surface area contributed by atoms with E-state index in [-0.39, 0.29) is 0 Å². The number of rotatable bonds is 3. The summed E-state index contributed by atoms with van der Waals surface area (Å²) in [6.07, 6.45) is 3.86. The van der Waals surface area contributed by atoms with Crippen LogP contribution in [-0.2, 0) is 6.42 Å². The van der Waals surface area contributed by atoms with Gasteiger partial charge in [-0.15, -0.1) is 22.9 Å². The van der Waals surface area contributed by atoms with Crippen LogP contribution < -0.4 is 0 Å². The summed E-state index contributed by atoms with van der Waals surface area (Å²) in [4.78, 5) is 1.49. The van der Waals surface area contributed by atoms with Gasteiger partial charge in [-0.05, 0) is 36.1 Å². The fourth-order valence-corrected chi connectivity index (χ4v) is 2.56. The molecule has 2 rings (SSSR count). The smallest absolute Gasteiger partial charge is 0.0283 e. The molecular weight excluding hydrogens is 176 g/mol. The van der Waals surface area contributed by atoms with Crippen LogP contribution in [0.3, 0.4) is 0 Å².